The molecule has 0 atom stereocenters. The zero-order valence-electron chi connectivity index (χ0n) is 12.9. The van der Waals surface area contributed by atoms with Crippen LogP contribution >= 0.6 is 0 Å². The molecule has 2 N–H and O–H groups in total. The lowest BCUT2D eigenvalue weighted by atomic mass is 10.1. The number of alkyl halides is 6. The zero-order chi connectivity index (χ0) is 19.8. The molecule has 0 fully saturated rings. The van der Waals surface area contributed by atoms with Crippen molar-refractivity contribution in [3.8, 4) is 0 Å². The number of hydrogen-bond acceptors (Lipinski definition) is 2. The van der Waals surface area contributed by atoms with E-state index in [4.69, 9.17) is 10.2 Å². The summed E-state index contributed by atoms with van der Waals surface area (Å²) in [5.41, 5.74) is 0.352. The molecule has 0 radical (unpaired) electrons. The summed E-state index contributed by atoms with van der Waals surface area (Å²) in [4.78, 5) is 19.2. The van der Waals surface area contributed by atoms with Crippen LogP contribution in [0.25, 0.3) is 0 Å². The average Bonchev–Trinajstić information content (AvgIpc) is 2.27. The number of carboxylic acids is 2. The molecule has 0 bridgehead atoms. The van der Waals surface area contributed by atoms with Gasteiger partial charge in [-0.3, -0.25) is 0 Å². The van der Waals surface area contributed by atoms with Crippen LogP contribution in [-0.4, -0.2) is 39.9 Å². The molecule has 0 aliphatic rings. The quantitative estimate of drug-likeness (QED) is 0.587. The van der Waals surface area contributed by atoms with E-state index in [2.05, 4.69) is 13.2 Å². The average molecular weight is 352 g/mol. The standard InChI is InChI=1S/C5H6F6.2C4H6O2/c1-3(6,7)5(10,11)4(2,8)9;2*1-3(2)4(5)6/h1-2H3;2*1H2,2H3,(H,5,6). The summed E-state index contributed by atoms with van der Waals surface area (Å²) in [5, 5.41) is 15.8. The first-order chi connectivity index (χ1) is 9.79. The summed E-state index contributed by atoms with van der Waals surface area (Å²) in [5.74, 6) is -16.6. The summed E-state index contributed by atoms with van der Waals surface area (Å²) in [6.07, 6.45) is 0. The highest BCUT2D eigenvalue weighted by atomic mass is 19.3. The van der Waals surface area contributed by atoms with Crippen molar-refractivity contribution in [1.29, 1.82) is 0 Å². The monoisotopic (exact) mass is 352 g/mol. The Labute approximate surface area is 129 Å². The van der Waals surface area contributed by atoms with Gasteiger partial charge in [0.1, 0.15) is 0 Å². The summed E-state index contributed by atoms with van der Waals surface area (Å²) in [7, 11) is 0. The third kappa shape index (κ3) is 11.2. The third-order valence-electron chi connectivity index (χ3n) is 1.83. The maximum atomic E-state index is 11.9. The highest BCUT2D eigenvalue weighted by Crippen LogP contribution is 2.44. The van der Waals surface area contributed by atoms with E-state index in [9.17, 15) is 35.9 Å². The van der Waals surface area contributed by atoms with Crippen LogP contribution in [0.1, 0.15) is 27.7 Å². The fourth-order valence-corrected chi connectivity index (χ4v) is 0.385. The molecule has 0 aliphatic carbocycles. The highest BCUT2D eigenvalue weighted by molar-refractivity contribution is 5.85. The lowest BCUT2D eigenvalue weighted by Crippen LogP contribution is -2.50. The summed E-state index contributed by atoms with van der Waals surface area (Å²) < 4.78 is 70.9. The second kappa shape index (κ2) is 9.21. The van der Waals surface area contributed by atoms with Crippen molar-refractivity contribution in [2.45, 2.75) is 45.5 Å². The molecule has 0 aromatic heterocycles. The minimum atomic E-state index is -5.29. The van der Waals surface area contributed by atoms with Crippen molar-refractivity contribution < 1.29 is 46.1 Å². The molecule has 0 spiro atoms. The van der Waals surface area contributed by atoms with Crippen molar-refractivity contribution in [2.75, 3.05) is 0 Å². The predicted molar refractivity (Wildman–Crippen MR) is 71.1 cm³/mol. The third-order valence-corrected chi connectivity index (χ3v) is 1.83. The molecule has 0 saturated carbocycles. The van der Waals surface area contributed by atoms with Crippen molar-refractivity contribution >= 4 is 11.9 Å². The molecule has 0 amide bonds. The first kappa shape index (κ1) is 25.9. The second-order valence-corrected chi connectivity index (χ2v) is 4.52. The molecular formula is C13H18F6O4. The van der Waals surface area contributed by atoms with Gasteiger partial charge in [0.15, 0.2) is 0 Å². The molecule has 0 unspecified atom stereocenters. The lowest BCUT2D eigenvalue weighted by molar-refractivity contribution is -0.295. The Hall–Kier alpha value is -2.00. The number of carbonyl (C=O) groups is 2. The molecular weight excluding hydrogens is 334 g/mol. The van der Waals surface area contributed by atoms with Gasteiger partial charge in [-0.05, 0) is 13.8 Å². The van der Waals surface area contributed by atoms with E-state index in [0.29, 0.717) is 0 Å². The van der Waals surface area contributed by atoms with Crippen LogP contribution in [0.15, 0.2) is 24.3 Å². The SMILES string of the molecule is C=C(C)C(=O)O.C=C(C)C(=O)O.CC(F)(F)C(F)(F)C(C)(F)F. The molecule has 0 aromatic carbocycles. The smallest absolute Gasteiger partial charge is 0.371 e. The van der Waals surface area contributed by atoms with Crippen molar-refractivity contribution in [3.63, 3.8) is 0 Å². The second-order valence-electron chi connectivity index (χ2n) is 4.52. The Bertz CT molecular complexity index is 382. The van der Waals surface area contributed by atoms with E-state index in [-0.39, 0.29) is 25.0 Å². The fourth-order valence-electron chi connectivity index (χ4n) is 0.385. The minimum absolute atomic E-state index is 0.176. The molecule has 10 heteroatoms. The van der Waals surface area contributed by atoms with Crippen LogP contribution in [0.3, 0.4) is 0 Å². The largest absolute Gasteiger partial charge is 0.478 e. The van der Waals surface area contributed by atoms with Crippen LogP contribution in [0.5, 0.6) is 0 Å². The van der Waals surface area contributed by atoms with Crippen LogP contribution < -0.4 is 0 Å². The van der Waals surface area contributed by atoms with E-state index in [1.807, 2.05) is 0 Å². The zero-order valence-corrected chi connectivity index (χ0v) is 12.9. The molecule has 0 rings (SSSR count). The molecule has 136 valence electrons. The van der Waals surface area contributed by atoms with Crippen LogP contribution in [-0.2, 0) is 9.59 Å². The Balaban J connectivity index is -0.000000284. The van der Waals surface area contributed by atoms with Gasteiger partial charge in [0, 0.05) is 25.0 Å². The predicted octanol–water partition coefficient (Wildman–Crippen LogP) is 4.23. The Morgan fingerprint density at radius 3 is 0.870 bits per heavy atom. The number of aliphatic carboxylic acids is 2. The summed E-state index contributed by atoms with van der Waals surface area (Å²) in [6.45, 7) is 8.71. The molecule has 4 nitrogen and oxygen atoms in total. The van der Waals surface area contributed by atoms with Gasteiger partial charge in [-0.2, -0.15) is 26.3 Å². The first-order valence-electron chi connectivity index (χ1n) is 5.70. The van der Waals surface area contributed by atoms with E-state index < -0.39 is 29.7 Å². The molecule has 0 heterocycles. The lowest BCUT2D eigenvalue weighted by Gasteiger charge is -2.27. The van der Waals surface area contributed by atoms with Gasteiger partial charge >= 0.3 is 29.7 Å². The van der Waals surface area contributed by atoms with Crippen LogP contribution in [0.4, 0.5) is 26.3 Å². The highest BCUT2D eigenvalue weighted by Gasteiger charge is 2.66. The molecule has 0 aromatic rings. The van der Waals surface area contributed by atoms with Crippen molar-refractivity contribution in [3.05, 3.63) is 24.3 Å². The summed E-state index contributed by atoms with van der Waals surface area (Å²) >= 11 is 0. The van der Waals surface area contributed by atoms with Gasteiger partial charge in [0.05, 0.1) is 0 Å². The van der Waals surface area contributed by atoms with E-state index in [1.54, 1.807) is 0 Å². The maximum Gasteiger partial charge on any atom is 0.371 e. The van der Waals surface area contributed by atoms with E-state index in [1.165, 1.54) is 13.8 Å². The fraction of sp³-hybridized carbons (Fsp3) is 0.538. The Morgan fingerprint density at radius 2 is 0.870 bits per heavy atom. The van der Waals surface area contributed by atoms with Crippen molar-refractivity contribution in [1.82, 2.24) is 0 Å². The van der Waals surface area contributed by atoms with E-state index >= 15 is 0 Å². The number of carboxylic acid groups (broad SMARTS) is 2. The molecule has 0 aliphatic heterocycles. The van der Waals surface area contributed by atoms with E-state index in [0.717, 1.165) is 0 Å². The normalized spacial score (nSPS) is 11.2. The number of rotatable bonds is 4. The molecule has 0 saturated heterocycles. The van der Waals surface area contributed by atoms with Crippen LogP contribution in [0, 0.1) is 0 Å². The van der Waals surface area contributed by atoms with Gasteiger partial charge in [0.25, 0.3) is 0 Å². The summed E-state index contributed by atoms with van der Waals surface area (Å²) in [6, 6.07) is 0. The van der Waals surface area contributed by atoms with Gasteiger partial charge in [-0.15, -0.1) is 0 Å². The van der Waals surface area contributed by atoms with Crippen LogP contribution in [0.2, 0.25) is 0 Å². The Morgan fingerprint density at radius 1 is 0.739 bits per heavy atom. The van der Waals surface area contributed by atoms with Gasteiger partial charge in [-0.1, -0.05) is 13.2 Å². The number of halogens is 6. The number of hydrogen-bond donors (Lipinski definition) is 2. The van der Waals surface area contributed by atoms with Gasteiger partial charge in [-0.25, -0.2) is 9.59 Å². The van der Waals surface area contributed by atoms with Gasteiger partial charge in [0.2, 0.25) is 0 Å². The van der Waals surface area contributed by atoms with Gasteiger partial charge < -0.3 is 10.2 Å². The topological polar surface area (TPSA) is 74.6 Å². The van der Waals surface area contributed by atoms with Crippen molar-refractivity contribution in [2.24, 2.45) is 0 Å². The minimum Gasteiger partial charge on any atom is -0.478 e. The Kier molecular flexibility index (Phi) is 10.4. The maximum absolute atomic E-state index is 11.9. The molecule has 23 heavy (non-hydrogen) atoms. The first-order valence-corrected chi connectivity index (χ1v) is 5.70.